The van der Waals surface area contributed by atoms with Gasteiger partial charge in [0, 0.05) is 6.26 Å². The van der Waals surface area contributed by atoms with Crippen molar-refractivity contribution in [2.45, 2.75) is 14.0 Å². The van der Waals surface area contributed by atoms with Crippen LogP contribution in [0.25, 0.3) is 0 Å². The first kappa shape index (κ1) is 14.0. The second-order valence-corrected chi connectivity index (χ2v) is 7.94. The molecule has 1 aromatic carbocycles. The summed E-state index contributed by atoms with van der Waals surface area (Å²) in [5.74, 6) is 0. The summed E-state index contributed by atoms with van der Waals surface area (Å²) in [5.41, 5.74) is -0.358. The first-order valence-corrected chi connectivity index (χ1v) is 8.67. The number of nitro groups is 1. The summed E-state index contributed by atoms with van der Waals surface area (Å²) >= 11 is 2.63. The monoisotopic (exact) mass is 315 g/mol. The van der Waals surface area contributed by atoms with E-state index in [0.29, 0.717) is 4.90 Å². The highest BCUT2D eigenvalue weighted by Gasteiger charge is 2.26. The molecule has 0 N–H and O–H groups in total. The number of hydrogen-bond donors (Lipinski definition) is 0. The second kappa shape index (κ2) is 5.32. The normalized spacial score (nSPS) is 11.4. The Balaban J connectivity index is 2.58. The molecule has 8 heteroatoms. The zero-order chi connectivity index (χ0) is 14.0. The summed E-state index contributed by atoms with van der Waals surface area (Å²) in [7, 11) is -3.63. The molecule has 0 saturated heterocycles. The molecule has 0 aliphatic rings. The molecule has 0 atom stereocenters. The van der Waals surface area contributed by atoms with Gasteiger partial charge in [-0.05, 0) is 23.6 Å². The minimum atomic E-state index is -3.63. The maximum atomic E-state index is 11.6. The van der Waals surface area contributed by atoms with Gasteiger partial charge in [-0.2, -0.15) is 0 Å². The molecule has 2 aromatic rings. The molecule has 0 unspecified atom stereocenters. The average Bonchev–Trinajstić information content (AvgIpc) is 2.80. The topological polar surface area (TPSA) is 77.3 Å². The number of rotatable bonds is 4. The van der Waals surface area contributed by atoms with Gasteiger partial charge in [-0.1, -0.05) is 23.9 Å². The van der Waals surface area contributed by atoms with Gasteiger partial charge in [0.2, 0.25) is 0 Å². The Morgan fingerprint density at radius 1 is 1.26 bits per heavy atom. The van der Waals surface area contributed by atoms with Gasteiger partial charge in [0.25, 0.3) is 0 Å². The van der Waals surface area contributed by atoms with Gasteiger partial charge >= 0.3 is 5.69 Å². The summed E-state index contributed by atoms with van der Waals surface area (Å²) in [5, 5.41) is 13.0. The molecule has 0 spiro atoms. The Kier molecular flexibility index (Phi) is 3.93. The molecule has 1 heterocycles. The molecule has 5 nitrogen and oxygen atoms in total. The van der Waals surface area contributed by atoms with Crippen LogP contribution >= 0.6 is 23.1 Å². The van der Waals surface area contributed by atoms with Crippen molar-refractivity contribution >= 4 is 38.6 Å². The third-order valence-electron chi connectivity index (χ3n) is 2.25. The number of para-hydroxylation sites is 1. The zero-order valence-electron chi connectivity index (χ0n) is 9.77. The van der Waals surface area contributed by atoms with E-state index in [9.17, 15) is 18.5 Å². The average molecular weight is 315 g/mol. The molecule has 0 amide bonds. The van der Waals surface area contributed by atoms with Gasteiger partial charge < -0.3 is 0 Å². The minimum Gasteiger partial charge on any atom is -0.258 e. The van der Waals surface area contributed by atoms with Crippen LogP contribution in [0, 0.1) is 10.1 Å². The largest absolute Gasteiger partial charge is 0.301 e. The van der Waals surface area contributed by atoms with Gasteiger partial charge in [0.15, 0.2) is 9.84 Å². The summed E-state index contributed by atoms with van der Waals surface area (Å²) in [6, 6.07) is 7.98. The number of nitrogens with zero attached hydrogens (tertiary/aromatic N) is 1. The highest BCUT2D eigenvalue weighted by Crippen LogP contribution is 2.40. The van der Waals surface area contributed by atoms with E-state index in [2.05, 4.69) is 0 Å². The SMILES string of the molecule is CS(=O)(=O)c1cccc(Sc2cccs2)c1[N+](=O)[O-]. The van der Waals surface area contributed by atoms with Crippen LogP contribution in [0.3, 0.4) is 0 Å². The van der Waals surface area contributed by atoms with Crippen LogP contribution in [-0.2, 0) is 9.84 Å². The molecular formula is C11H9NO4S3. The fourth-order valence-electron chi connectivity index (χ4n) is 1.49. The second-order valence-electron chi connectivity index (χ2n) is 3.67. The van der Waals surface area contributed by atoms with Crippen molar-refractivity contribution in [2.75, 3.05) is 6.26 Å². The lowest BCUT2D eigenvalue weighted by Crippen LogP contribution is -2.03. The van der Waals surface area contributed by atoms with Gasteiger partial charge in [-0.3, -0.25) is 10.1 Å². The Morgan fingerprint density at radius 2 is 2.00 bits per heavy atom. The van der Waals surface area contributed by atoms with Crippen molar-refractivity contribution in [3.05, 3.63) is 45.8 Å². The summed E-state index contributed by atoms with van der Waals surface area (Å²) in [4.78, 5) is 10.6. The smallest absolute Gasteiger partial charge is 0.258 e. The van der Waals surface area contributed by atoms with Crippen molar-refractivity contribution in [1.82, 2.24) is 0 Å². The molecular weight excluding hydrogens is 306 g/mol. The third kappa shape index (κ3) is 3.14. The van der Waals surface area contributed by atoms with E-state index < -0.39 is 14.8 Å². The van der Waals surface area contributed by atoms with Crippen LogP contribution < -0.4 is 0 Å². The number of benzene rings is 1. The summed E-state index contributed by atoms with van der Waals surface area (Å²) in [6.45, 7) is 0. The maximum absolute atomic E-state index is 11.6. The Morgan fingerprint density at radius 3 is 2.53 bits per heavy atom. The molecule has 0 aliphatic heterocycles. The van der Waals surface area contributed by atoms with Crippen molar-refractivity contribution in [1.29, 1.82) is 0 Å². The van der Waals surface area contributed by atoms with Gasteiger partial charge in [-0.15, -0.1) is 11.3 Å². The first-order valence-electron chi connectivity index (χ1n) is 5.08. The Hall–Kier alpha value is -1.38. The van der Waals surface area contributed by atoms with Crippen molar-refractivity contribution in [3.63, 3.8) is 0 Å². The molecule has 1 aromatic heterocycles. The van der Waals surface area contributed by atoms with E-state index in [4.69, 9.17) is 0 Å². The van der Waals surface area contributed by atoms with Crippen LogP contribution in [0.4, 0.5) is 5.69 Å². The quantitative estimate of drug-likeness (QED) is 0.639. The van der Waals surface area contributed by atoms with E-state index in [0.717, 1.165) is 10.5 Å². The molecule has 100 valence electrons. The van der Waals surface area contributed by atoms with Crippen LogP contribution in [0.15, 0.2) is 49.7 Å². The molecule has 0 bridgehead atoms. The van der Waals surface area contributed by atoms with Crippen molar-refractivity contribution in [2.24, 2.45) is 0 Å². The lowest BCUT2D eigenvalue weighted by molar-refractivity contribution is -0.390. The lowest BCUT2D eigenvalue weighted by Gasteiger charge is -2.05. The van der Waals surface area contributed by atoms with Crippen LogP contribution in [0.2, 0.25) is 0 Å². The highest BCUT2D eigenvalue weighted by molar-refractivity contribution is 8.01. The maximum Gasteiger partial charge on any atom is 0.301 e. The van der Waals surface area contributed by atoms with E-state index >= 15 is 0 Å². The van der Waals surface area contributed by atoms with E-state index in [1.54, 1.807) is 6.07 Å². The van der Waals surface area contributed by atoms with Gasteiger partial charge in [0.1, 0.15) is 4.90 Å². The number of hydrogen-bond acceptors (Lipinski definition) is 6. The lowest BCUT2D eigenvalue weighted by atomic mass is 10.3. The minimum absolute atomic E-state index is 0.251. The van der Waals surface area contributed by atoms with Crippen LogP contribution in [0.5, 0.6) is 0 Å². The van der Waals surface area contributed by atoms with Gasteiger partial charge in [0.05, 0.1) is 14.0 Å². The van der Waals surface area contributed by atoms with Crippen LogP contribution in [0.1, 0.15) is 0 Å². The summed E-state index contributed by atoms with van der Waals surface area (Å²) in [6.07, 6.45) is 0.967. The fraction of sp³-hybridized carbons (Fsp3) is 0.0909. The van der Waals surface area contributed by atoms with Crippen molar-refractivity contribution in [3.8, 4) is 0 Å². The fourth-order valence-corrected chi connectivity index (χ4v) is 4.29. The molecule has 0 saturated carbocycles. The van der Waals surface area contributed by atoms with E-state index in [1.807, 2.05) is 17.5 Å². The predicted octanol–water partition coefficient (Wildman–Crippen LogP) is 3.21. The molecule has 0 fully saturated rings. The molecule has 0 aliphatic carbocycles. The number of sulfone groups is 1. The van der Waals surface area contributed by atoms with E-state index in [1.165, 1.54) is 35.2 Å². The zero-order valence-corrected chi connectivity index (χ0v) is 12.2. The number of nitro benzene ring substituents is 1. The molecule has 2 rings (SSSR count). The van der Waals surface area contributed by atoms with Crippen LogP contribution in [-0.4, -0.2) is 19.6 Å². The predicted molar refractivity (Wildman–Crippen MR) is 74.6 cm³/mol. The van der Waals surface area contributed by atoms with E-state index in [-0.39, 0.29) is 10.6 Å². The third-order valence-corrected chi connectivity index (χ3v) is 5.46. The molecule has 19 heavy (non-hydrogen) atoms. The summed E-state index contributed by atoms with van der Waals surface area (Å²) < 4.78 is 24.1. The molecule has 0 radical (unpaired) electrons. The first-order chi connectivity index (χ1) is 8.89. The standard InChI is InChI=1S/C11H9NO4S3/c1-19(15,16)9-5-2-4-8(11(9)12(13)14)18-10-6-3-7-17-10/h2-7H,1H3. The van der Waals surface area contributed by atoms with Crippen molar-refractivity contribution < 1.29 is 13.3 Å². The Bertz CT molecular complexity index is 708. The van der Waals surface area contributed by atoms with Gasteiger partial charge in [-0.25, -0.2) is 8.42 Å². The Labute approximate surface area is 118 Å². The number of thiophene rings is 1. The highest BCUT2D eigenvalue weighted by atomic mass is 32.2.